The second-order valence-electron chi connectivity index (χ2n) is 9.25. The summed E-state index contributed by atoms with van der Waals surface area (Å²) in [5.74, 6) is 0.716. The van der Waals surface area contributed by atoms with E-state index in [0.29, 0.717) is 10.8 Å². The number of hydrogen-bond donors (Lipinski definition) is 1. The van der Waals surface area contributed by atoms with Crippen LogP contribution in [0.15, 0.2) is 47.4 Å². The summed E-state index contributed by atoms with van der Waals surface area (Å²) in [6, 6.07) is 13.7. The molecule has 0 saturated heterocycles. The number of benzene rings is 2. The zero-order valence-corrected chi connectivity index (χ0v) is 20.0. The van der Waals surface area contributed by atoms with Crippen molar-refractivity contribution in [2.45, 2.75) is 84.1 Å². The zero-order valence-electron chi connectivity index (χ0n) is 19.2. The topological polar surface area (TPSA) is 46.2 Å². The summed E-state index contributed by atoms with van der Waals surface area (Å²) in [5, 5.41) is 0. The van der Waals surface area contributed by atoms with E-state index in [4.69, 9.17) is 0 Å². The van der Waals surface area contributed by atoms with Crippen LogP contribution in [-0.2, 0) is 10.0 Å². The van der Waals surface area contributed by atoms with Gasteiger partial charge >= 0.3 is 0 Å². The van der Waals surface area contributed by atoms with E-state index in [1.54, 1.807) is 0 Å². The van der Waals surface area contributed by atoms with Gasteiger partial charge in [0.25, 0.3) is 0 Å². The van der Waals surface area contributed by atoms with Gasteiger partial charge in [0.2, 0.25) is 10.0 Å². The maximum atomic E-state index is 13.7. The van der Waals surface area contributed by atoms with Crippen LogP contribution in [0.4, 0.5) is 0 Å². The van der Waals surface area contributed by atoms with Gasteiger partial charge in [-0.15, -0.1) is 0 Å². The number of sulfonamides is 1. The van der Waals surface area contributed by atoms with Gasteiger partial charge in [-0.25, -0.2) is 13.1 Å². The van der Waals surface area contributed by atoms with E-state index < -0.39 is 10.0 Å². The Hall–Kier alpha value is -1.65. The lowest BCUT2D eigenvalue weighted by Gasteiger charge is -2.27. The lowest BCUT2D eigenvalue weighted by Crippen LogP contribution is -2.33. The number of nitrogens with one attached hydrogen (secondary N) is 1. The SMILES string of the molecule is CC(C)c1cc(C(C)C)c(S(=O)(=O)NC(c2ccccc2)C(C)C)c(C(C)C)c1. The molecule has 0 bridgehead atoms. The lowest BCUT2D eigenvalue weighted by molar-refractivity contribution is 0.462. The van der Waals surface area contributed by atoms with Gasteiger partial charge in [0.15, 0.2) is 0 Å². The smallest absolute Gasteiger partial charge is 0.207 e. The van der Waals surface area contributed by atoms with Crippen molar-refractivity contribution < 1.29 is 8.42 Å². The monoisotopic (exact) mass is 415 g/mol. The predicted octanol–water partition coefficient (Wildman–Crippen LogP) is 6.73. The van der Waals surface area contributed by atoms with Crippen LogP contribution in [0.1, 0.15) is 101 Å². The van der Waals surface area contributed by atoms with Crippen LogP contribution >= 0.6 is 0 Å². The summed E-state index contributed by atoms with van der Waals surface area (Å²) < 4.78 is 30.5. The van der Waals surface area contributed by atoms with E-state index in [0.717, 1.165) is 16.7 Å². The van der Waals surface area contributed by atoms with E-state index in [2.05, 4.69) is 72.2 Å². The molecule has 2 aromatic carbocycles. The summed E-state index contributed by atoms with van der Waals surface area (Å²) in [6.45, 7) is 16.7. The fraction of sp³-hybridized carbons (Fsp3) is 0.520. The van der Waals surface area contributed by atoms with Crippen LogP contribution in [0.2, 0.25) is 0 Å². The molecule has 2 rings (SSSR count). The Kier molecular flexibility index (Phi) is 7.69. The first-order chi connectivity index (χ1) is 13.5. The van der Waals surface area contributed by atoms with Gasteiger partial charge in [-0.05, 0) is 45.9 Å². The fourth-order valence-electron chi connectivity index (χ4n) is 3.68. The molecule has 1 N–H and O–H groups in total. The van der Waals surface area contributed by atoms with Crippen molar-refractivity contribution in [3.05, 3.63) is 64.7 Å². The molecular formula is C25H37NO2S. The number of hydrogen-bond acceptors (Lipinski definition) is 2. The Bertz CT molecular complexity index is 884. The second kappa shape index (κ2) is 9.44. The van der Waals surface area contributed by atoms with E-state index >= 15 is 0 Å². The zero-order chi connectivity index (χ0) is 21.9. The minimum atomic E-state index is -3.70. The number of rotatable bonds is 8. The van der Waals surface area contributed by atoms with Gasteiger partial charge in [0.1, 0.15) is 0 Å². The van der Waals surface area contributed by atoms with Crippen LogP contribution in [-0.4, -0.2) is 8.42 Å². The first-order valence-electron chi connectivity index (χ1n) is 10.7. The molecule has 160 valence electrons. The molecular weight excluding hydrogens is 378 g/mol. The summed E-state index contributed by atoms with van der Waals surface area (Å²) in [4.78, 5) is 0.466. The molecule has 0 aliphatic carbocycles. The first-order valence-corrected chi connectivity index (χ1v) is 12.2. The van der Waals surface area contributed by atoms with Gasteiger partial charge in [-0.2, -0.15) is 0 Å². The van der Waals surface area contributed by atoms with Crippen molar-refractivity contribution in [1.29, 1.82) is 0 Å². The third-order valence-corrected chi connectivity index (χ3v) is 7.03. The van der Waals surface area contributed by atoms with E-state index in [9.17, 15) is 8.42 Å². The van der Waals surface area contributed by atoms with E-state index in [1.165, 1.54) is 5.56 Å². The molecule has 0 radical (unpaired) electrons. The van der Waals surface area contributed by atoms with Gasteiger partial charge in [0, 0.05) is 6.04 Å². The molecule has 0 saturated carbocycles. The average Bonchev–Trinajstić information content (AvgIpc) is 2.65. The van der Waals surface area contributed by atoms with Gasteiger partial charge in [-0.3, -0.25) is 0 Å². The van der Waals surface area contributed by atoms with Crippen molar-refractivity contribution in [3.8, 4) is 0 Å². The molecule has 0 aliphatic rings. The molecule has 0 aromatic heterocycles. The quantitative estimate of drug-likeness (QED) is 0.519. The largest absolute Gasteiger partial charge is 0.241 e. The highest BCUT2D eigenvalue weighted by Gasteiger charge is 2.30. The maximum Gasteiger partial charge on any atom is 0.241 e. The predicted molar refractivity (Wildman–Crippen MR) is 123 cm³/mol. The third-order valence-electron chi connectivity index (χ3n) is 5.46. The standard InChI is InChI=1S/C25H37NO2S/c1-16(2)21-14-22(17(3)4)25(23(15-21)18(5)6)29(27,28)26-24(19(7)8)20-12-10-9-11-13-20/h9-19,24,26H,1-8H3. The Morgan fingerprint density at radius 2 is 1.17 bits per heavy atom. The highest BCUT2D eigenvalue weighted by molar-refractivity contribution is 7.89. The molecule has 0 spiro atoms. The van der Waals surface area contributed by atoms with Crippen LogP contribution < -0.4 is 4.72 Å². The molecule has 29 heavy (non-hydrogen) atoms. The second-order valence-corrected chi connectivity index (χ2v) is 10.9. The third kappa shape index (κ3) is 5.49. The van der Waals surface area contributed by atoms with Gasteiger partial charge in [-0.1, -0.05) is 97.9 Å². The molecule has 1 unspecified atom stereocenters. The van der Waals surface area contributed by atoms with Crippen molar-refractivity contribution in [1.82, 2.24) is 4.72 Å². The van der Waals surface area contributed by atoms with Crippen molar-refractivity contribution >= 4 is 10.0 Å². The van der Waals surface area contributed by atoms with E-state index in [-0.39, 0.29) is 23.8 Å². The summed E-state index contributed by atoms with van der Waals surface area (Å²) in [7, 11) is -3.70. The molecule has 0 fully saturated rings. The molecule has 2 aromatic rings. The van der Waals surface area contributed by atoms with Gasteiger partial charge < -0.3 is 0 Å². The molecule has 0 aliphatic heterocycles. The summed E-state index contributed by atoms with van der Waals surface area (Å²) in [6.07, 6.45) is 0. The average molecular weight is 416 g/mol. The highest BCUT2D eigenvalue weighted by Crippen LogP contribution is 2.36. The Morgan fingerprint density at radius 1 is 0.690 bits per heavy atom. The van der Waals surface area contributed by atoms with Crippen LogP contribution in [0, 0.1) is 5.92 Å². The first kappa shape index (κ1) is 23.6. The van der Waals surface area contributed by atoms with Gasteiger partial charge in [0.05, 0.1) is 4.90 Å². The fourth-order valence-corrected chi connectivity index (χ4v) is 5.75. The molecule has 0 amide bonds. The summed E-state index contributed by atoms with van der Waals surface area (Å²) >= 11 is 0. The van der Waals surface area contributed by atoms with Crippen molar-refractivity contribution in [2.75, 3.05) is 0 Å². The van der Waals surface area contributed by atoms with Crippen molar-refractivity contribution in [3.63, 3.8) is 0 Å². The Labute approximate surface area is 178 Å². The molecule has 3 nitrogen and oxygen atoms in total. The highest BCUT2D eigenvalue weighted by atomic mass is 32.2. The Balaban J connectivity index is 2.66. The maximum absolute atomic E-state index is 13.7. The van der Waals surface area contributed by atoms with E-state index in [1.807, 2.05) is 30.3 Å². The minimum absolute atomic E-state index is 0.118. The van der Waals surface area contributed by atoms with Crippen LogP contribution in [0.25, 0.3) is 0 Å². The van der Waals surface area contributed by atoms with Crippen LogP contribution in [0.3, 0.4) is 0 Å². The minimum Gasteiger partial charge on any atom is -0.207 e. The Morgan fingerprint density at radius 3 is 1.55 bits per heavy atom. The lowest BCUT2D eigenvalue weighted by atomic mass is 9.89. The molecule has 4 heteroatoms. The molecule has 1 atom stereocenters. The summed E-state index contributed by atoms with van der Waals surface area (Å²) in [5.41, 5.74) is 3.99. The van der Waals surface area contributed by atoms with Crippen LogP contribution in [0.5, 0.6) is 0 Å². The molecule has 0 heterocycles. The van der Waals surface area contributed by atoms with Crippen molar-refractivity contribution in [2.24, 2.45) is 5.92 Å². The normalized spacial score (nSPS) is 13.7.